The maximum atomic E-state index is 12.3. The molecule has 2 amide bonds. The third kappa shape index (κ3) is 2.64. The first kappa shape index (κ1) is 15.3. The summed E-state index contributed by atoms with van der Waals surface area (Å²) in [7, 11) is 1.52. The van der Waals surface area contributed by atoms with Crippen molar-refractivity contribution in [1.29, 1.82) is 0 Å². The molecular formula is C18H13N3O3S. The summed E-state index contributed by atoms with van der Waals surface area (Å²) >= 11 is 1.42. The second kappa shape index (κ2) is 6.03. The van der Waals surface area contributed by atoms with E-state index in [4.69, 9.17) is 4.74 Å². The first-order chi connectivity index (χ1) is 12.2. The smallest absolute Gasteiger partial charge is 0.275 e. The van der Waals surface area contributed by atoms with Gasteiger partial charge in [0.1, 0.15) is 11.4 Å². The van der Waals surface area contributed by atoms with Crippen LogP contribution in [0.1, 0.15) is 5.56 Å². The summed E-state index contributed by atoms with van der Waals surface area (Å²) in [5.41, 5.74) is 1.81. The first-order valence-electron chi connectivity index (χ1n) is 7.53. The molecule has 6 nitrogen and oxygen atoms in total. The summed E-state index contributed by atoms with van der Waals surface area (Å²) in [6.07, 6.45) is 0. The van der Waals surface area contributed by atoms with Crippen molar-refractivity contribution in [3.63, 3.8) is 0 Å². The predicted octanol–water partition coefficient (Wildman–Crippen LogP) is 2.78. The van der Waals surface area contributed by atoms with Gasteiger partial charge in [-0.05, 0) is 18.2 Å². The van der Waals surface area contributed by atoms with Crippen molar-refractivity contribution in [2.24, 2.45) is 0 Å². The van der Waals surface area contributed by atoms with Crippen LogP contribution in [0.2, 0.25) is 0 Å². The van der Waals surface area contributed by atoms with Crippen LogP contribution in [0.4, 0.5) is 5.13 Å². The number of carbonyl (C=O) groups excluding carboxylic acids is 2. The quantitative estimate of drug-likeness (QED) is 0.707. The summed E-state index contributed by atoms with van der Waals surface area (Å²) < 4.78 is 6.32. The largest absolute Gasteiger partial charge is 0.496 e. The Labute approximate surface area is 147 Å². The van der Waals surface area contributed by atoms with Crippen LogP contribution in [0.15, 0.2) is 54.2 Å². The van der Waals surface area contributed by atoms with Gasteiger partial charge < -0.3 is 10.1 Å². The number of hydrogen-bond donors (Lipinski definition) is 2. The minimum atomic E-state index is -0.481. The van der Waals surface area contributed by atoms with E-state index in [1.54, 1.807) is 24.3 Å². The number of methoxy groups -OCH3 is 1. The summed E-state index contributed by atoms with van der Waals surface area (Å²) in [6, 6.07) is 14.8. The molecule has 0 aliphatic carbocycles. The van der Waals surface area contributed by atoms with Gasteiger partial charge in [0.15, 0.2) is 5.13 Å². The lowest BCUT2D eigenvalue weighted by molar-refractivity contribution is -0.123. The zero-order valence-electron chi connectivity index (χ0n) is 13.2. The Hall–Kier alpha value is -3.19. The number of thiazole rings is 1. The number of nitrogens with zero attached hydrogens (tertiary/aromatic N) is 1. The molecule has 0 radical (unpaired) electrons. The van der Waals surface area contributed by atoms with Crippen LogP contribution < -0.4 is 15.4 Å². The van der Waals surface area contributed by atoms with Crippen LogP contribution in [-0.2, 0) is 9.59 Å². The second-order valence-corrected chi connectivity index (χ2v) is 6.38. The van der Waals surface area contributed by atoms with Gasteiger partial charge in [0.25, 0.3) is 11.8 Å². The van der Waals surface area contributed by atoms with Crippen LogP contribution in [-0.4, -0.2) is 23.9 Å². The molecule has 0 fully saturated rings. The van der Waals surface area contributed by atoms with Crippen LogP contribution in [0.25, 0.3) is 15.8 Å². The third-order valence-electron chi connectivity index (χ3n) is 3.83. The van der Waals surface area contributed by atoms with Gasteiger partial charge in [-0.2, -0.15) is 0 Å². The molecule has 124 valence electrons. The zero-order valence-corrected chi connectivity index (χ0v) is 14.0. The SMILES string of the molecule is COc1ccccc1C1=C(Nc2nc3ccccc3s2)C(=O)NC1=O. The number of aromatic nitrogens is 1. The fraction of sp³-hybridized carbons (Fsp3) is 0.0556. The zero-order chi connectivity index (χ0) is 17.4. The lowest BCUT2D eigenvalue weighted by atomic mass is 10.0. The molecule has 2 aromatic carbocycles. The molecule has 0 atom stereocenters. The monoisotopic (exact) mass is 351 g/mol. The summed E-state index contributed by atoms with van der Waals surface area (Å²) in [6.45, 7) is 0. The van der Waals surface area contributed by atoms with E-state index in [-0.39, 0.29) is 11.3 Å². The van der Waals surface area contributed by atoms with Crippen molar-refractivity contribution in [2.45, 2.75) is 0 Å². The normalized spacial score (nSPS) is 14.1. The maximum Gasteiger partial charge on any atom is 0.275 e. The van der Waals surface area contributed by atoms with E-state index in [2.05, 4.69) is 15.6 Å². The van der Waals surface area contributed by atoms with Gasteiger partial charge in [-0.1, -0.05) is 41.7 Å². The summed E-state index contributed by atoms with van der Waals surface area (Å²) in [5.74, 6) is -0.422. The number of imide groups is 1. The Bertz CT molecular complexity index is 1010. The molecule has 3 aromatic rings. The van der Waals surface area contributed by atoms with Gasteiger partial charge in [0.05, 0.1) is 22.9 Å². The van der Waals surface area contributed by atoms with Crippen molar-refractivity contribution in [2.75, 3.05) is 12.4 Å². The van der Waals surface area contributed by atoms with Crippen LogP contribution in [0.5, 0.6) is 5.75 Å². The molecule has 1 aliphatic rings. The molecule has 0 bridgehead atoms. The van der Waals surface area contributed by atoms with E-state index in [0.29, 0.717) is 16.4 Å². The second-order valence-electron chi connectivity index (χ2n) is 5.35. The number of anilines is 1. The predicted molar refractivity (Wildman–Crippen MR) is 96.3 cm³/mol. The van der Waals surface area contributed by atoms with Gasteiger partial charge in [-0.3, -0.25) is 14.9 Å². The van der Waals surface area contributed by atoms with Gasteiger partial charge in [0, 0.05) is 5.56 Å². The van der Waals surface area contributed by atoms with Crippen LogP contribution in [0, 0.1) is 0 Å². The number of amides is 2. The summed E-state index contributed by atoms with van der Waals surface area (Å²) in [4.78, 5) is 29.1. The Morgan fingerprint density at radius 1 is 1.04 bits per heavy atom. The number of benzene rings is 2. The molecule has 1 aromatic heterocycles. The number of rotatable bonds is 4. The number of nitrogens with one attached hydrogen (secondary N) is 2. The van der Waals surface area contributed by atoms with Gasteiger partial charge in [-0.15, -0.1) is 0 Å². The number of hydrogen-bond acceptors (Lipinski definition) is 6. The maximum absolute atomic E-state index is 12.3. The van der Waals surface area contributed by atoms with Crippen LogP contribution in [0.3, 0.4) is 0 Å². The van der Waals surface area contributed by atoms with Gasteiger partial charge in [-0.25, -0.2) is 4.98 Å². The molecule has 7 heteroatoms. The standard InChI is InChI=1S/C18H13N3O3S/c1-24-12-8-4-2-6-10(12)14-15(17(23)21-16(14)22)20-18-19-11-7-3-5-9-13(11)25-18/h2-9H,1H3,(H2,19,20,21,22,23). The van der Waals surface area contributed by atoms with E-state index in [9.17, 15) is 9.59 Å². The molecule has 0 saturated heterocycles. The molecule has 2 N–H and O–H groups in total. The van der Waals surface area contributed by atoms with E-state index >= 15 is 0 Å². The number of para-hydroxylation sites is 2. The topological polar surface area (TPSA) is 80.3 Å². The molecule has 2 heterocycles. The van der Waals surface area contributed by atoms with Gasteiger partial charge >= 0.3 is 0 Å². The molecule has 0 saturated carbocycles. The molecule has 4 rings (SSSR count). The fourth-order valence-electron chi connectivity index (χ4n) is 2.72. The highest BCUT2D eigenvalue weighted by atomic mass is 32.1. The molecule has 0 spiro atoms. The number of ether oxygens (including phenoxy) is 1. The average molecular weight is 351 g/mol. The van der Waals surface area contributed by atoms with Crippen LogP contribution >= 0.6 is 11.3 Å². The summed E-state index contributed by atoms with van der Waals surface area (Å²) in [5, 5.41) is 5.89. The van der Waals surface area contributed by atoms with Crippen molar-refractivity contribution < 1.29 is 14.3 Å². The molecule has 25 heavy (non-hydrogen) atoms. The minimum Gasteiger partial charge on any atom is -0.496 e. The highest BCUT2D eigenvalue weighted by molar-refractivity contribution is 7.22. The third-order valence-corrected chi connectivity index (χ3v) is 4.79. The van der Waals surface area contributed by atoms with E-state index in [1.165, 1.54) is 18.4 Å². The van der Waals surface area contributed by atoms with Gasteiger partial charge in [0.2, 0.25) is 0 Å². The van der Waals surface area contributed by atoms with Crippen molar-refractivity contribution in [3.8, 4) is 5.75 Å². The highest BCUT2D eigenvalue weighted by Crippen LogP contribution is 2.33. The van der Waals surface area contributed by atoms with E-state index < -0.39 is 11.8 Å². The lowest BCUT2D eigenvalue weighted by Crippen LogP contribution is -2.24. The number of carbonyl (C=O) groups is 2. The Morgan fingerprint density at radius 3 is 2.60 bits per heavy atom. The Morgan fingerprint density at radius 2 is 1.80 bits per heavy atom. The fourth-order valence-corrected chi connectivity index (χ4v) is 3.59. The van der Waals surface area contributed by atoms with E-state index in [0.717, 1.165) is 10.2 Å². The minimum absolute atomic E-state index is 0.175. The van der Waals surface area contributed by atoms with E-state index in [1.807, 2.05) is 24.3 Å². The lowest BCUT2D eigenvalue weighted by Gasteiger charge is -2.09. The first-order valence-corrected chi connectivity index (χ1v) is 8.35. The Kier molecular flexibility index (Phi) is 3.70. The molecule has 1 aliphatic heterocycles. The Balaban J connectivity index is 1.82. The van der Waals surface area contributed by atoms with Crippen molar-refractivity contribution in [3.05, 3.63) is 59.8 Å². The average Bonchev–Trinajstić information content (AvgIpc) is 3.15. The highest BCUT2D eigenvalue weighted by Gasteiger charge is 2.33. The molecule has 0 unspecified atom stereocenters. The van der Waals surface area contributed by atoms with Crippen molar-refractivity contribution >= 4 is 44.1 Å². The number of fused-ring (bicyclic) bond motifs is 1. The van der Waals surface area contributed by atoms with Crippen molar-refractivity contribution in [1.82, 2.24) is 10.3 Å². The molecular weight excluding hydrogens is 338 g/mol.